The highest BCUT2D eigenvalue weighted by Crippen LogP contribution is 2.24. The number of aryl methyl sites for hydroxylation is 4. The van der Waals surface area contributed by atoms with Crippen molar-refractivity contribution in [2.45, 2.75) is 71.6 Å². The Morgan fingerprint density at radius 1 is 0.556 bits per heavy atom. The highest BCUT2D eigenvalue weighted by Gasteiger charge is 2.07. The van der Waals surface area contributed by atoms with Crippen molar-refractivity contribution in [1.29, 1.82) is 0 Å². The van der Waals surface area contributed by atoms with E-state index in [1.807, 2.05) is 30.3 Å². The minimum atomic E-state index is -0.0731. The van der Waals surface area contributed by atoms with Crippen LogP contribution in [-0.2, 0) is 25.7 Å². The van der Waals surface area contributed by atoms with Gasteiger partial charge in [0.15, 0.2) is 0 Å². The van der Waals surface area contributed by atoms with Crippen LogP contribution in [0.15, 0.2) is 78.9 Å². The van der Waals surface area contributed by atoms with Gasteiger partial charge in [-0.05, 0) is 84.0 Å². The Morgan fingerprint density at radius 2 is 1.17 bits per heavy atom. The first-order chi connectivity index (χ1) is 17.7. The molecular formula is C35H37F. The largest absolute Gasteiger partial charge is 0.206 e. The van der Waals surface area contributed by atoms with E-state index in [4.69, 9.17) is 0 Å². The van der Waals surface area contributed by atoms with Gasteiger partial charge in [0.05, 0.1) is 0 Å². The van der Waals surface area contributed by atoms with Crippen molar-refractivity contribution in [3.63, 3.8) is 0 Å². The molecule has 0 fully saturated rings. The highest BCUT2D eigenvalue weighted by atomic mass is 19.1. The molecule has 0 nitrogen and oxygen atoms in total. The van der Waals surface area contributed by atoms with E-state index in [-0.39, 0.29) is 5.82 Å². The van der Waals surface area contributed by atoms with E-state index in [2.05, 4.69) is 74.2 Å². The van der Waals surface area contributed by atoms with E-state index in [0.717, 1.165) is 60.6 Å². The Kier molecular flexibility index (Phi) is 9.34. The number of fused-ring (bicyclic) bond motifs is 1. The maximum atomic E-state index is 15.0. The fourth-order valence-electron chi connectivity index (χ4n) is 4.70. The van der Waals surface area contributed by atoms with Crippen LogP contribution in [0.4, 0.5) is 4.39 Å². The summed E-state index contributed by atoms with van der Waals surface area (Å²) >= 11 is 0. The van der Waals surface area contributed by atoms with Gasteiger partial charge in [0.1, 0.15) is 5.82 Å². The maximum absolute atomic E-state index is 15.0. The minimum absolute atomic E-state index is 0.0731. The number of hydrogen-bond donors (Lipinski definition) is 0. The summed E-state index contributed by atoms with van der Waals surface area (Å²) in [6, 6.07) is 27.3. The average molecular weight is 477 g/mol. The molecule has 0 unspecified atom stereocenters. The molecule has 4 rings (SSSR count). The smallest absolute Gasteiger partial charge is 0.134 e. The monoisotopic (exact) mass is 476 g/mol. The molecular weight excluding hydrogens is 439 g/mol. The van der Waals surface area contributed by atoms with Crippen LogP contribution in [0.3, 0.4) is 0 Å². The average Bonchev–Trinajstić information content (AvgIpc) is 2.91. The summed E-state index contributed by atoms with van der Waals surface area (Å²) in [5, 5.41) is 1.60. The normalized spacial score (nSPS) is 10.9. The summed E-state index contributed by atoms with van der Waals surface area (Å²) in [5.74, 6) is 6.45. The van der Waals surface area contributed by atoms with Crippen molar-refractivity contribution in [3.8, 4) is 11.8 Å². The van der Waals surface area contributed by atoms with E-state index < -0.39 is 0 Å². The van der Waals surface area contributed by atoms with Crippen LogP contribution in [0, 0.1) is 17.7 Å². The molecule has 184 valence electrons. The van der Waals surface area contributed by atoms with Crippen molar-refractivity contribution in [3.05, 3.63) is 118 Å². The summed E-state index contributed by atoms with van der Waals surface area (Å²) < 4.78 is 15.0. The Morgan fingerprint density at radius 3 is 1.83 bits per heavy atom. The first-order valence-electron chi connectivity index (χ1n) is 13.6. The second kappa shape index (κ2) is 13.1. The van der Waals surface area contributed by atoms with Crippen LogP contribution < -0.4 is 0 Å². The maximum Gasteiger partial charge on any atom is 0.134 e. The first-order valence-corrected chi connectivity index (χ1v) is 13.6. The van der Waals surface area contributed by atoms with Crippen LogP contribution >= 0.6 is 0 Å². The third-order valence-electron chi connectivity index (χ3n) is 6.90. The standard InChI is InChI=1S/C35H37F/c1-3-5-6-7-9-32-23-24-33-26-31(22-25-34(33)35(32)36)21-20-30-18-16-29(17-19-30)15-14-28-12-10-27(8-4-2)11-13-28/h10-13,16-19,22-26H,3-9,14-15H2,1-2H3. The molecule has 0 bridgehead atoms. The van der Waals surface area contributed by atoms with Gasteiger partial charge in [-0.3, -0.25) is 0 Å². The molecule has 0 heterocycles. The zero-order chi connectivity index (χ0) is 25.2. The molecule has 0 amide bonds. The third-order valence-corrected chi connectivity index (χ3v) is 6.90. The summed E-state index contributed by atoms with van der Waals surface area (Å²) in [5.41, 5.74) is 6.86. The number of rotatable bonds is 10. The lowest BCUT2D eigenvalue weighted by Crippen LogP contribution is -1.93. The summed E-state index contributed by atoms with van der Waals surface area (Å²) in [6.07, 6.45) is 9.85. The fourth-order valence-corrected chi connectivity index (χ4v) is 4.70. The molecule has 4 aromatic rings. The molecule has 1 heteroatoms. The minimum Gasteiger partial charge on any atom is -0.206 e. The lowest BCUT2D eigenvalue weighted by Gasteiger charge is -2.07. The van der Waals surface area contributed by atoms with Crippen molar-refractivity contribution >= 4 is 10.8 Å². The van der Waals surface area contributed by atoms with Crippen LogP contribution in [0.1, 0.15) is 79.3 Å². The summed E-state index contributed by atoms with van der Waals surface area (Å²) in [7, 11) is 0. The number of halogens is 1. The third kappa shape index (κ3) is 7.08. The number of hydrogen-bond acceptors (Lipinski definition) is 0. The van der Waals surface area contributed by atoms with Crippen LogP contribution in [0.5, 0.6) is 0 Å². The van der Waals surface area contributed by atoms with Gasteiger partial charge in [0, 0.05) is 16.5 Å². The molecule has 0 aliphatic rings. The molecule has 0 aromatic heterocycles. The van der Waals surface area contributed by atoms with E-state index in [0.29, 0.717) is 5.39 Å². The second-order valence-electron chi connectivity index (χ2n) is 9.80. The van der Waals surface area contributed by atoms with E-state index in [1.54, 1.807) is 0 Å². The molecule has 0 aliphatic heterocycles. The van der Waals surface area contributed by atoms with E-state index >= 15 is 0 Å². The zero-order valence-electron chi connectivity index (χ0n) is 21.7. The van der Waals surface area contributed by atoms with Gasteiger partial charge in [0.2, 0.25) is 0 Å². The van der Waals surface area contributed by atoms with Gasteiger partial charge < -0.3 is 0 Å². The van der Waals surface area contributed by atoms with Gasteiger partial charge in [-0.15, -0.1) is 0 Å². The number of benzene rings is 4. The molecule has 4 aromatic carbocycles. The summed E-state index contributed by atoms with van der Waals surface area (Å²) in [4.78, 5) is 0. The van der Waals surface area contributed by atoms with Crippen molar-refractivity contribution in [2.24, 2.45) is 0 Å². The Balaban J connectivity index is 1.37. The molecule has 0 saturated carbocycles. The van der Waals surface area contributed by atoms with Crippen LogP contribution in [-0.4, -0.2) is 0 Å². The lowest BCUT2D eigenvalue weighted by molar-refractivity contribution is 0.603. The van der Waals surface area contributed by atoms with Crippen LogP contribution in [0.25, 0.3) is 10.8 Å². The molecule has 36 heavy (non-hydrogen) atoms. The SMILES string of the molecule is CCCCCCc1ccc2cc(C#Cc3ccc(CCc4ccc(CCC)cc4)cc3)ccc2c1F. The molecule has 0 spiro atoms. The summed E-state index contributed by atoms with van der Waals surface area (Å²) in [6.45, 7) is 4.41. The Bertz CT molecular complexity index is 1320. The van der Waals surface area contributed by atoms with E-state index in [9.17, 15) is 4.39 Å². The molecule has 0 aliphatic carbocycles. The molecule has 0 N–H and O–H groups in total. The second-order valence-corrected chi connectivity index (χ2v) is 9.80. The first kappa shape index (κ1) is 25.7. The zero-order valence-corrected chi connectivity index (χ0v) is 21.7. The quantitative estimate of drug-likeness (QED) is 0.158. The topological polar surface area (TPSA) is 0 Å². The van der Waals surface area contributed by atoms with Crippen LogP contribution in [0.2, 0.25) is 0 Å². The Hall–Kier alpha value is -3.37. The van der Waals surface area contributed by atoms with Gasteiger partial charge in [-0.25, -0.2) is 4.39 Å². The van der Waals surface area contributed by atoms with Gasteiger partial charge >= 0.3 is 0 Å². The van der Waals surface area contributed by atoms with Crippen molar-refractivity contribution in [2.75, 3.05) is 0 Å². The fraction of sp³-hybridized carbons (Fsp3) is 0.314. The molecule has 0 saturated heterocycles. The van der Waals surface area contributed by atoms with Crippen molar-refractivity contribution in [1.82, 2.24) is 0 Å². The lowest BCUT2D eigenvalue weighted by atomic mass is 9.99. The predicted molar refractivity (Wildman–Crippen MR) is 152 cm³/mol. The van der Waals surface area contributed by atoms with E-state index in [1.165, 1.54) is 36.0 Å². The predicted octanol–water partition coefficient (Wildman–Crippen LogP) is 9.24. The highest BCUT2D eigenvalue weighted by molar-refractivity contribution is 5.85. The van der Waals surface area contributed by atoms with Gasteiger partial charge in [0.25, 0.3) is 0 Å². The van der Waals surface area contributed by atoms with Gasteiger partial charge in [-0.2, -0.15) is 0 Å². The molecule has 0 atom stereocenters. The van der Waals surface area contributed by atoms with Gasteiger partial charge in [-0.1, -0.05) is 106 Å². The Labute approximate surface area is 216 Å². The number of unbranched alkanes of at least 4 members (excludes halogenated alkanes) is 3. The molecule has 0 radical (unpaired) electrons. The van der Waals surface area contributed by atoms with Crippen molar-refractivity contribution < 1.29 is 4.39 Å².